The summed E-state index contributed by atoms with van der Waals surface area (Å²) < 4.78 is 5.42. The second kappa shape index (κ2) is 9.42. The molecule has 2 amide bonds. The number of nitrogens with zero attached hydrogens (tertiary/aromatic N) is 1. The Bertz CT molecular complexity index is 525. The fraction of sp³-hybridized carbons (Fsp3) is 0.579. The highest BCUT2D eigenvalue weighted by atomic mass is 16.5. The molecule has 0 unspecified atom stereocenters. The van der Waals surface area contributed by atoms with Gasteiger partial charge in [-0.25, -0.2) is 0 Å². The van der Waals surface area contributed by atoms with Gasteiger partial charge in [0, 0.05) is 25.9 Å². The Labute approximate surface area is 144 Å². The third-order valence-corrected chi connectivity index (χ3v) is 4.11. The van der Waals surface area contributed by atoms with Crippen LogP contribution in [0.5, 0.6) is 0 Å². The van der Waals surface area contributed by atoms with Crippen molar-refractivity contribution in [3.8, 4) is 0 Å². The van der Waals surface area contributed by atoms with E-state index in [9.17, 15) is 9.59 Å². The summed E-state index contributed by atoms with van der Waals surface area (Å²) in [7, 11) is 0. The maximum Gasteiger partial charge on any atom is 0.245 e. The first-order chi connectivity index (χ1) is 11.6. The summed E-state index contributed by atoms with van der Waals surface area (Å²) in [4.78, 5) is 26.8. The number of benzene rings is 1. The molecule has 1 atom stereocenters. The summed E-state index contributed by atoms with van der Waals surface area (Å²) in [6, 6.07) is 9.31. The lowest BCUT2D eigenvalue weighted by Gasteiger charge is -2.24. The van der Waals surface area contributed by atoms with Crippen molar-refractivity contribution in [3.05, 3.63) is 35.9 Å². The lowest BCUT2D eigenvalue weighted by Crippen LogP contribution is -2.49. The van der Waals surface area contributed by atoms with Gasteiger partial charge in [0.25, 0.3) is 0 Å². The molecule has 0 spiro atoms. The maximum atomic E-state index is 12.7. The predicted octanol–water partition coefficient (Wildman–Crippen LogP) is 2.15. The minimum Gasteiger partial charge on any atom is -0.378 e. The summed E-state index contributed by atoms with van der Waals surface area (Å²) in [6.45, 7) is 5.83. The normalized spacial score (nSPS) is 15.5. The smallest absolute Gasteiger partial charge is 0.245 e. The van der Waals surface area contributed by atoms with Gasteiger partial charge >= 0.3 is 0 Å². The molecule has 1 fully saturated rings. The van der Waals surface area contributed by atoms with Crippen molar-refractivity contribution in [1.82, 2.24) is 10.2 Å². The molecule has 132 valence electrons. The number of hydrogen-bond acceptors (Lipinski definition) is 3. The topological polar surface area (TPSA) is 58.6 Å². The van der Waals surface area contributed by atoms with Gasteiger partial charge in [0.15, 0.2) is 0 Å². The van der Waals surface area contributed by atoms with Crippen LogP contribution in [-0.2, 0) is 20.7 Å². The Morgan fingerprint density at radius 1 is 1.17 bits per heavy atom. The first kappa shape index (κ1) is 18.5. The van der Waals surface area contributed by atoms with Crippen LogP contribution in [0.25, 0.3) is 0 Å². The first-order valence-corrected chi connectivity index (χ1v) is 8.80. The minimum absolute atomic E-state index is 0.0227. The molecule has 1 aromatic rings. The number of ether oxygens (including phenoxy) is 1. The average Bonchev–Trinajstić information content (AvgIpc) is 3.08. The van der Waals surface area contributed by atoms with E-state index in [2.05, 4.69) is 5.32 Å². The number of carbonyl (C=O) groups is 2. The van der Waals surface area contributed by atoms with E-state index in [0.29, 0.717) is 13.0 Å². The Hall–Kier alpha value is -1.88. The molecular formula is C19H28N2O3. The molecular weight excluding hydrogens is 304 g/mol. The highest BCUT2D eigenvalue weighted by Gasteiger charge is 2.27. The second-order valence-corrected chi connectivity index (χ2v) is 6.51. The second-order valence-electron chi connectivity index (χ2n) is 6.51. The van der Waals surface area contributed by atoms with E-state index >= 15 is 0 Å². The minimum atomic E-state index is -0.503. The van der Waals surface area contributed by atoms with Crippen molar-refractivity contribution >= 4 is 11.8 Å². The van der Waals surface area contributed by atoms with Crippen molar-refractivity contribution < 1.29 is 14.3 Å². The van der Waals surface area contributed by atoms with Crippen molar-refractivity contribution in [2.24, 2.45) is 0 Å². The van der Waals surface area contributed by atoms with E-state index in [0.717, 1.165) is 31.5 Å². The Morgan fingerprint density at radius 2 is 1.83 bits per heavy atom. The van der Waals surface area contributed by atoms with Crippen molar-refractivity contribution in [1.29, 1.82) is 0 Å². The molecule has 5 nitrogen and oxygen atoms in total. The molecule has 1 saturated heterocycles. The van der Waals surface area contributed by atoms with E-state index in [-0.39, 0.29) is 24.3 Å². The molecule has 1 aliphatic heterocycles. The van der Waals surface area contributed by atoms with Gasteiger partial charge in [0.2, 0.25) is 11.8 Å². The third-order valence-electron chi connectivity index (χ3n) is 4.11. The first-order valence-electron chi connectivity index (χ1n) is 8.80. The molecule has 1 heterocycles. The fourth-order valence-electron chi connectivity index (χ4n) is 2.86. The van der Waals surface area contributed by atoms with Crippen LogP contribution in [0.3, 0.4) is 0 Å². The van der Waals surface area contributed by atoms with E-state index in [1.54, 1.807) is 0 Å². The molecule has 2 rings (SSSR count). The Morgan fingerprint density at radius 3 is 2.46 bits per heavy atom. The molecule has 1 aromatic carbocycles. The van der Waals surface area contributed by atoms with Gasteiger partial charge < -0.3 is 15.0 Å². The summed E-state index contributed by atoms with van der Waals surface area (Å²) >= 11 is 0. The van der Waals surface area contributed by atoms with E-state index in [4.69, 9.17) is 4.74 Å². The van der Waals surface area contributed by atoms with Crippen LogP contribution in [-0.4, -0.2) is 48.6 Å². The fourth-order valence-corrected chi connectivity index (χ4v) is 2.86. The largest absolute Gasteiger partial charge is 0.378 e. The highest BCUT2D eigenvalue weighted by molar-refractivity contribution is 5.88. The number of carbonyl (C=O) groups excluding carboxylic acids is 2. The SMILES string of the molecule is CC(C)OCCC(=O)N[C@H](Cc1ccccc1)C(=O)N1CCCC1. The molecule has 0 bridgehead atoms. The predicted molar refractivity (Wildman–Crippen MR) is 93.6 cm³/mol. The van der Waals surface area contributed by atoms with Gasteiger partial charge in [-0.2, -0.15) is 0 Å². The monoisotopic (exact) mass is 332 g/mol. The lowest BCUT2D eigenvalue weighted by molar-refractivity contribution is -0.135. The van der Waals surface area contributed by atoms with Crippen LogP contribution >= 0.6 is 0 Å². The van der Waals surface area contributed by atoms with E-state index in [1.165, 1.54) is 0 Å². The lowest BCUT2D eigenvalue weighted by atomic mass is 10.0. The number of hydrogen-bond donors (Lipinski definition) is 1. The molecule has 0 saturated carbocycles. The van der Waals surface area contributed by atoms with Gasteiger partial charge in [-0.15, -0.1) is 0 Å². The Kier molecular flexibility index (Phi) is 7.25. The standard InChI is InChI=1S/C19H28N2O3/c1-15(2)24-13-10-18(22)20-17(14-16-8-4-3-5-9-16)19(23)21-11-6-7-12-21/h3-5,8-9,15,17H,6-7,10-14H2,1-2H3,(H,20,22)/t17-/m1/s1. The van der Waals surface area contributed by atoms with Crippen LogP contribution in [0.1, 0.15) is 38.7 Å². The van der Waals surface area contributed by atoms with Gasteiger partial charge in [-0.1, -0.05) is 30.3 Å². The summed E-state index contributed by atoms with van der Waals surface area (Å²) in [5.74, 6) is -0.112. The molecule has 5 heteroatoms. The number of amides is 2. The Balaban J connectivity index is 1.96. The number of rotatable bonds is 8. The van der Waals surface area contributed by atoms with Crippen molar-refractivity contribution in [3.63, 3.8) is 0 Å². The van der Waals surface area contributed by atoms with Crippen LogP contribution in [0.4, 0.5) is 0 Å². The molecule has 1 N–H and O–H groups in total. The van der Waals surface area contributed by atoms with Gasteiger partial charge in [0.05, 0.1) is 12.7 Å². The van der Waals surface area contributed by atoms with Crippen LogP contribution < -0.4 is 5.32 Å². The zero-order valence-corrected chi connectivity index (χ0v) is 14.7. The van der Waals surface area contributed by atoms with Gasteiger partial charge in [-0.3, -0.25) is 9.59 Å². The van der Waals surface area contributed by atoms with Crippen LogP contribution in [0.2, 0.25) is 0 Å². The van der Waals surface area contributed by atoms with Gasteiger partial charge in [-0.05, 0) is 32.3 Å². The average molecular weight is 332 g/mol. The van der Waals surface area contributed by atoms with Crippen LogP contribution in [0, 0.1) is 0 Å². The van der Waals surface area contributed by atoms with Crippen molar-refractivity contribution in [2.75, 3.05) is 19.7 Å². The number of likely N-dealkylation sites (tertiary alicyclic amines) is 1. The molecule has 24 heavy (non-hydrogen) atoms. The quantitative estimate of drug-likeness (QED) is 0.793. The molecule has 1 aliphatic rings. The third kappa shape index (κ3) is 5.96. The summed E-state index contributed by atoms with van der Waals surface area (Å²) in [5.41, 5.74) is 1.05. The van der Waals surface area contributed by atoms with Gasteiger partial charge in [0.1, 0.15) is 6.04 Å². The molecule has 0 radical (unpaired) electrons. The zero-order valence-electron chi connectivity index (χ0n) is 14.7. The zero-order chi connectivity index (χ0) is 17.4. The van der Waals surface area contributed by atoms with Crippen LogP contribution in [0.15, 0.2) is 30.3 Å². The number of nitrogens with one attached hydrogen (secondary N) is 1. The van der Waals surface area contributed by atoms with Crippen molar-refractivity contribution in [2.45, 2.75) is 51.7 Å². The summed E-state index contributed by atoms with van der Waals surface area (Å²) in [5, 5.41) is 2.91. The van der Waals surface area contributed by atoms with E-state index < -0.39 is 6.04 Å². The summed E-state index contributed by atoms with van der Waals surface area (Å²) in [6.07, 6.45) is 2.98. The molecule has 0 aromatic heterocycles. The molecule has 0 aliphatic carbocycles. The van der Waals surface area contributed by atoms with E-state index in [1.807, 2.05) is 49.1 Å². The maximum absolute atomic E-state index is 12.7. The highest BCUT2D eigenvalue weighted by Crippen LogP contribution is 2.12.